The maximum atomic E-state index is 12.7. The van der Waals surface area contributed by atoms with Gasteiger partial charge in [0.25, 0.3) is 0 Å². The van der Waals surface area contributed by atoms with Crippen LogP contribution in [0, 0.1) is 40.4 Å². The second-order valence-electron chi connectivity index (χ2n) is 12.3. The first kappa shape index (κ1) is 30.4. The molecular weight excluding hydrogens is 479 g/mol. The maximum absolute atomic E-state index is 12.7. The Labute approximate surface area is 234 Å². The average Bonchev–Trinajstić information content (AvgIpc) is 3.09. The number of carboxylic acid groups (broad SMARTS) is 1. The zero-order valence-corrected chi connectivity index (χ0v) is 23.9. The Balaban J connectivity index is 0.00000180. The molecule has 5 unspecified atom stereocenters. The summed E-state index contributed by atoms with van der Waals surface area (Å²) in [6.07, 6.45) is -0.769. The van der Waals surface area contributed by atoms with Crippen LogP contribution in [0.25, 0.3) is 0 Å². The van der Waals surface area contributed by atoms with Crippen LogP contribution in [0.5, 0.6) is 0 Å². The summed E-state index contributed by atoms with van der Waals surface area (Å²) in [4.78, 5) is 24.0. The number of carbonyl (C=O) groups is 2. The first-order valence-electron chi connectivity index (χ1n) is 13.1. The van der Waals surface area contributed by atoms with E-state index in [9.17, 15) is 30.0 Å². The van der Waals surface area contributed by atoms with Crippen molar-refractivity contribution in [3.63, 3.8) is 0 Å². The largest absolute Gasteiger partial charge is 1.00 e. The van der Waals surface area contributed by atoms with Crippen molar-refractivity contribution >= 4 is 11.8 Å². The molecule has 0 aromatic rings. The van der Waals surface area contributed by atoms with Crippen LogP contribution in [0.2, 0.25) is 0 Å². The number of carbonyl (C=O) groups excluding carboxylic acids is 2. The van der Waals surface area contributed by atoms with Crippen molar-refractivity contribution in [2.75, 3.05) is 0 Å². The van der Waals surface area contributed by atoms with Crippen LogP contribution in [0.15, 0.2) is 0 Å². The number of ketones is 1. The van der Waals surface area contributed by atoms with E-state index in [4.69, 9.17) is 9.47 Å². The molecule has 5 N–H and O–H groups in total. The van der Waals surface area contributed by atoms with Gasteiger partial charge in [-0.25, -0.2) is 0 Å². The van der Waals surface area contributed by atoms with Gasteiger partial charge < -0.3 is 40.2 Å². The predicted octanol–water partition coefficient (Wildman–Crippen LogP) is -3.03. The molecule has 5 rings (SSSR count). The van der Waals surface area contributed by atoms with Crippen LogP contribution in [-0.4, -0.2) is 69.4 Å². The number of aliphatic hydroxyl groups excluding tert-OH is 3. The van der Waals surface area contributed by atoms with Gasteiger partial charge in [0, 0.05) is 11.8 Å². The van der Waals surface area contributed by atoms with Gasteiger partial charge >= 0.3 is 29.6 Å². The molecule has 4 aliphatic carbocycles. The Kier molecular flexibility index (Phi) is 9.14. The first-order valence-corrected chi connectivity index (χ1v) is 13.1. The number of rotatable bonds is 3. The molecule has 36 heavy (non-hydrogen) atoms. The summed E-state index contributed by atoms with van der Waals surface area (Å²) in [5.41, 5.74) is 0.00826. The van der Waals surface area contributed by atoms with Crippen molar-refractivity contribution in [2.24, 2.45) is 40.4 Å². The van der Waals surface area contributed by atoms with Crippen molar-refractivity contribution in [1.82, 2.24) is 0 Å². The van der Waals surface area contributed by atoms with Crippen molar-refractivity contribution in [3.05, 3.63) is 0 Å². The summed E-state index contributed by atoms with van der Waals surface area (Å²) >= 11 is 0. The summed E-state index contributed by atoms with van der Waals surface area (Å²) < 4.78 is 11.4. The summed E-state index contributed by atoms with van der Waals surface area (Å²) in [6.45, 7) is 6.89. The molecule has 4 saturated carbocycles. The van der Waals surface area contributed by atoms with Gasteiger partial charge in [-0.05, 0) is 80.0 Å². The standard InChI is InChI=1S/C26H40O8.Na.H2O/c1-12-10-14(33-24-21(30)19(28)20(29)22(34-24)23(31)32)11-13-4-5-15-16-6-7-18(27)25(16,2)9-8-17(15)26(12,13)3;;/h12-17,19-22,24,28-30H,4-11H2,1-3H3,(H,31,32);;1H2/q;+1;/p-1/t12-,13-,14+,15?,16?,17?,19+,20-,21?,22?,24+,25-,26-;;/m0../s1. The summed E-state index contributed by atoms with van der Waals surface area (Å²) in [5.74, 6) is 1.26. The van der Waals surface area contributed by atoms with Crippen LogP contribution >= 0.6 is 0 Å². The fraction of sp³-hybridized carbons (Fsp3) is 0.923. The molecule has 0 aromatic heterocycles. The Morgan fingerprint density at radius 2 is 1.72 bits per heavy atom. The molecule has 0 aromatic carbocycles. The van der Waals surface area contributed by atoms with E-state index in [2.05, 4.69) is 20.8 Å². The van der Waals surface area contributed by atoms with Gasteiger partial charge in [-0.2, -0.15) is 0 Å². The van der Waals surface area contributed by atoms with Crippen LogP contribution in [0.4, 0.5) is 0 Å². The third-order valence-corrected chi connectivity index (χ3v) is 11.0. The molecule has 1 heterocycles. The second-order valence-corrected chi connectivity index (χ2v) is 12.3. The number of carboxylic acids is 1. The number of hydrogen-bond donors (Lipinski definition) is 3. The zero-order valence-electron chi connectivity index (χ0n) is 21.9. The normalized spacial score (nSPS) is 52.2. The van der Waals surface area contributed by atoms with Crippen LogP contribution in [-0.2, 0) is 19.1 Å². The number of fused-ring (bicyclic) bond motifs is 5. The molecule has 1 aliphatic heterocycles. The smallest absolute Gasteiger partial charge is 0.547 e. The summed E-state index contributed by atoms with van der Waals surface area (Å²) in [6, 6.07) is 0. The molecule has 10 heteroatoms. The van der Waals surface area contributed by atoms with Gasteiger partial charge in [0.2, 0.25) is 0 Å². The Morgan fingerprint density at radius 1 is 1.03 bits per heavy atom. The van der Waals surface area contributed by atoms with Crippen LogP contribution in [0.1, 0.15) is 72.1 Å². The molecule has 0 radical (unpaired) electrons. The first-order chi connectivity index (χ1) is 16.0. The molecule has 0 spiro atoms. The van der Waals surface area contributed by atoms with Crippen LogP contribution < -0.4 is 34.7 Å². The van der Waals surface area contributed by atoms with E-state index in [1.807, 2.05) is 0 Å². The van der Waals surface area contributed by atoms with E-state index in [0.717, 1.165) is 51.4 Å². The van der Waals surface area contributed by atoms with Gasteiger partial charge in [0.15, 0.2) is 6.29 Å². The summed E-state index contributed by atoms with van der Waals surface area (Å²) in [7, 11) is 0. The molecule has 1 saturated heterocycles. The predicted molar refractivity (Wildman–Crippen MR) is 121 cm³/mol. The minimum Gasteiger partial charge on any atom is -0.547 e. The Hall–Kier alpha value is -0.100. The molecule has 200 valence electrons. The van der Waals surface area contributed by atoms with Gasteiger partial charge in [-0.3, -0.25) is 4.79 Å². The Morgan fingerprint density at radius 3 is 2.39 bits per heavy atom. The monoisotopic (exact) mass is 520 g/mol. The van der Waals surface area contributed by atoms with Crippen molar-refractivity contribution in [3.8, 4) is 0 Å². The van der Waals surface area contributed by atoms with E-state index < -0.39 is 36.7 Å². The van der Waals surface area contributed by atoms with Gasteiger partial charge in [-0.15, -0.1) is 0 Å². The molecule has 5 fully saturated rings. The van der Waals surface area contributed by atoms with Crippen LogP contribution in [0.3, 0.4) is 0 Å². The number of Topliss-reactive ketones (excluding diaryl/α,β-unsaturated/α-hetero) is 1. The molecule has 5 aliphatic rings. The molecule has 9 nitrogen and oxygen atoms in total. The molecule has 13 atom stereocenters. The molecule has 0 bridgehead atoms. The maximum Gasteiger partial charge on any atom is 1.00 e. The van der Waals surface area contributed by atoms with E-state index in [0.29, 0.717) is 35.4 Å². The number of aliphatic hydroxyl groups is 3. The SMILES string of the molecule is C[C@H]1C[C@@H](O[C@@H]2OC(C(=O)[O-])[C@@H](O)[C@@H](O)C2O)C[C@@H]2CCC3C(CC[C@]4(C)C(=O)CCC34)[C@]21C.O.[Na+]. The third kappa shape index (κ3) is 4.54. The number of hydrogen-bond acceptors (Lipinski definition) is 8. The van der Waals surface area contributed by atoms with Crippen molar-refractivity contribution in [1.29, 1.82) is 0 Å². The zero-order chi connectivity index (χ0) is 24.6. The minimum atomic E-state index is -1.77. The van der Waals surface area contributed by atoms with E-state index in [1.165, 1.54) is 0 Å². The fourth-order valence-electron chi connectivity index (χ4n) is 8.90. The Bertz CT molecular complexity index is 840. The third-order valence-electron chi connectivity index (χ3n) is 11.0. The fourth-order valence-corrected chi connectivity index (χ4v) is 8.90. The topological polar surface area (TPSA) is 168 Å². The van der Waals surface area contributed by atoms with E-state index in [1.54, 1.807) is 0 Å². The number of aliphatic carboxylic acids is 1. The van der Waals surface area contributed by atoms with E-state index in [-0.39, 0.29) is 52.0 Å². The van der Waals surface area contributed by atoms with Gasteiger partial charge in [-0.1, -0.05) is 20.8 Å². The molecular formula is C26H41NaO9. The second kappa shape index (κ2) is 10.8. The van der Waals surface area contributed by atoms with Gasteiger partial charge in [0.1, 0.15) is 30.2 Å². The quantitative estimate of drug-likeness (QED) is 0.261. The van der Waals surface area contributed by atoms with Gasteiger partial charge in [0.05, 0.1) is 12.1 Å². The number of ether oxygens (including phenoxy) is 2. The van der Waals surface area contributed by atoms with Crippen molar-refractivity contribution < 1.29 is 74.5 Å². The average molecular weight is 521 g/mol. The van der Waals surface area contributed by atoms with E-state index >= 15 is 0 Å². The minimum absolute atomic E-state index is 0. The molecule has 0 amide bonds. The summed E-state index contributed by atoms with van der Waals surface area (Å²) in [5, 5.41) is 41.7. The van der Waals surface area contributed by atoms with Crippen molar-refractivity contribution in [2.45, 2.75) is 109 Å².